The lowest BCUT2D eigenvalue weighted by Gasteiger charge is -2.10. The summed E-state index contributed by atoms with van der Waals surface area (Å²) >= 11 is 1.36. The molecule has 0 saturated heterocycles. The SMILES string of the molecule is COc1cnc(-c2cccc(OCc3cc(OC)cc4oc(-c5cn6nc(OC)sc6n5)cc34)c2)nc1. The van der Waals surface area contributed by atoms with E-state index in [-0.39, 0.29) is 0 Å². The highest BCUT2D eigenvalue weighted by Crippen LogP contribution is 2.34. The largest absolute Gasteiger partial charge is 0.497 e. The Hall–Kier alpha value is -4.64. The van der Waals surface area contributed by atoms with Gasteiger partial charge in [0.05, 0.1) is 39.9 Å². The lowest BCUT2D eigenvalue weighted by molar-refractivity contribution is 0.307. The van der Waals surface area contributed by atoms with Crippen molar-refractivity contribution in [1.29, 1.82) is 0 Å². The standard InChI is InChI=1S/C26H21N5O5S/c1-32-18-8-16(14-35-17-6-4-5-15(7-17)24-27-11-19(33-2)12-28-24)20-10-23(36-22(20)9-18)21-13-31-25(29-21)37-26(30-31)34-3/h4-13H,14H2,1-3H3. The zero-order chi connectivity index (χ0) is 25.4. The van der Waals surface area contributed by atoms with E-state index in [1.165, 1.54) is 11.3 Å². The zero-order valence-corrected chi connectivity index (χ0v) is 21.0. The summed E-state index contributed by atoms with van der Waals surface area (Å²) in [5.74, 6) is 3.17. The quantitative estimate of drug-likeness (QED) is 0.268. The Morgan fingerprint density at radius 3 is 2.51 bits per heavy atom. The number of hydrogen-bond acceptors (Lipinski definition) is 10. The minimum absolute atomic E-state index is 0.302. The number of ether oxygens (including phenoxy) is 4. The summed E-state index contributed by atoms with van der Waals surface area (Å²) in [4.78, 5) is 14.1. The first kappa shape index (κ1) is 22.8. The number of imidazole rings is 1. The van der Waals surface area contributed by atoms with Crippen molar-refractivity contribution in [2.75, 3.05) is 21.3 Å². The van der Waals surface area contributed by atoms with Crippen molar-refractivity contribution in [2.24, 2.45) is 0 Å². The summed E-state index contributed by atoms with van der Waals surface area (Å²) < 4.78 is 29.8. The predicted octanol–water partition coefficient (Wildman–Crippen LogP) is 5.27. The number of rotatable bonds is 8. The third-order valence-electron chi connectivity index (χ3n) is 5.73. The van der Waals surface area contributed by atoms with Crippen LogP contribution in [-0.4, -0.2) is 45.9 Å². The van der Waals surface area contributed by atoms with Crippen molar-refractivity contribution in [2.45, 2.75) is 6.61 Å². The Morgan fingerprint density at radius 2 is 1.76 bits per heavy atom. The zero-order valence-electron chi connectivity index (χ0n) is 20.2. The molecule has 0 fully saturated rings. The topological polar surface area (TPSA) is 106 Å². The van der Waals surface area contributed by atoms with Gasteiger partial charge >= 0.3 is 0 Å². The predicted molar refractivity (Wildman–Crippen MR) is 138 cm³/mol. The van der Waals surface area contributed by atoms with Gasteiger partial charge in [0.1, 0.15) is 29.4 Å². The number of hydrogen-bond donors (Lipinski definition) is 0. The smallest absolute Gasteiger partial charge is 0.294 e. The highest BCUT2D eigenvalue weighted by Gasteiger charge is 2.17. The molecule has 2 aromatic carbocycles. The van der Waals surface area contributed by atoms with Gasteiger partial charge in [0, 0.05) is 22.6 Å². The summed E-state index contributed by atoms with van der Waals surface area (Å²) in [5.41, 5.74) is 3.11. The van der Waals surface area contributed by atoms with E-state index >= 15 is 0 Å². The lowest BCUT2D eigenvalue weighted by atomic mass is 10.1. The van der Waals surface area contributed by atoms with E-state index in [2.05, 4.69) is 20.1 Å². The Morgan fingerprint density at radius 1 is 0.919 bits per heavy atom. The maximum Gasteiger partial charge on any atom is 0.294 e. The maximum absolute atomic E-state index is 6.16. The highest BCUT2D eigenvalue weighted by molar-refractivity contribution is 7.18. The van der Waals surface area contributed by atoms with E-state index in [4.69, 9.17) is 23.4 Å². The lowest BCUT2D eigenvalue weighted by Crippen LogP contribution is -1.98. The monoisotopic (exact) mass is 515 g/mol. The van der Waals surface area contributed by atoms with Crippen LogP contribution in [0.4, 0.5) is 0 Å². The molecule has 6 rings (SSSR count). The minimum Gasteiger partial charge on any atom is -0.497 e. The molecule has 0 unspecified atom stereocenters. The van der Waals surface area contributed by atoms with Crippen LogP contribution in [0, 0.1) is 0 Å². The van der Waals surface area contributed by atoms with Crippen LogP contribution in [0.2, 0.25) is 0 Å². The molecule has 0 aliphatic heterocycles. The van der Waals surface area contributed by atoms with Gasteiger partial charge in [-0.15, -0.1) is 5.10 Å². The molecule has 10 nitrogen and oxygen atoms in total. The molecule has 0 saturated carbocycles. The van der Waals surface area contributed by atoms with Gasteiger partial charge in [0.15, 0.2) is 17.3 Å². The Balaban J connectivity index is 1.28. The van der Waals surface area contributed by atoms with Crippen LogP contribution in [0.1, 0.15) is 5.56 Å². The molecule has 0 atom stereocenters. The van der Waals surface area contributed by atoms with Gasteiger partial charge in [0.2, 0.25) is 4.96 Å². The van der Waals surface area contributed by atoms with Crippen LogP contribution in [-0.2, 0) is 6.61 Å². The van der Waals surface area contributed by atoms with Crippen molar-refractivity contribution < 1.29 is 23.4 Å². The average Bonchev–Trinajstić information content (AvgIpc) is 3.65. The van der Waals surface area contributed by atoms with Crippen molar-refractivity contribution in [3.8, 4) is 45.3 Å². The van der Waals surface area contributed by atoms with E-state index in [0.29, 0.717) is 56.9 Å². The average molecular weight is 516 g/mol. The van der Waals surface area contributed by atoms with Crippen LogP contribution in [0.5, 0.6) is 22.4 Å². The van der Waals surface area contributed by atoms with Crippen molar-refractivity contribution in [3.63, 3.8) is 0 Å². The molecule has 4 aromatic heterocycles. The van der Waals surface area contributed by atoms with Gasteiger partial charge in [-0.1, -0.05) is 12.1 Å². The maximum atomic E-state index is 6.16. The number of furan rings is 1. The molecule has 186 valence electrons. The number of benzene rings is 2. The first-order valence-corrected chi connectivity index (χ1v) is 12.1. The van der Waals surface area contributed by atoms with E-state index in [1.807, 2.05) is 48.7 Å². The molecular weight excluding hydrogens is 494 g/mol. The molecule has 11 heteroatoms. The molecular formula is C26H21N5O5S. The molecule has 0 aliphatic rings. The molecule has 0 radical (unpaired) electrons. The third-order valence-corrected chi connectivity index (χ3v) is 6.62. The van der Waals surface area contributed by atoms with Crippen molar-refractivity contribution in [3.05, 3.63) is 66.6 Å². The molecule has 0 bridgehead atoms. The fourth-order valence-corrected chi connectivity index (χ4v) is 4.59. The number of fused-ring (bicyclic) bond motifs is 2. The fraction of sp³-hybridized carbons (Fsp3) is 0.154. The molecule has 0 aliphatic carbocycles. The van der Waals surface area contributed by atoms with Gasteiger partial charge in [-0.2, -0.15) is 0 Å². The number of methoxy groups -OCH3 is 3. The first-order valence-electron chi connectivity index (χ1n) is 11.2. The fourth-order valence-electron chi connectivity index (χ4n) is 3.89. The van der Waals surface area contributed by atoms with Crippen LogP contribution in [0.3, 0.4) is 0 Å². The molecule has 6 aromatic rings. The number of nitrogens with zero attached hydrogens (tertiary/aromatic N) is 5. The van der Waals surface area contributed by atoms with Gasteiger partial charge in [-0.25, -0.2) is 19.5 Å². The summed E-state index contributed by atoms with van der Waals surface area (Å²) in [6.45, 7) is 0.302. The summed E-state index contributed by atoms with van der Waals surface area (Å²) in [6.07, 6.45) is 5.08. The van der Waals surface area contributed by atoms with Gasteiger partial charge in [-0.05, 0) is 35.6 Å². The van der Waals surface area contributed by atoms with Gasteiger partial charge < -0.3 is 23.4 Å². The summed E-state index contributed by atoms with van der Waals surface area (Å²) in [6, 6.07) is 13.4. The van der Waals surface area contributed by atoms with Gasteiger partial charge in [-0.3, -0.25) is 0 Å². The molecule has 0 spiro atoms. The van der Waals surface area contributed by atoms with E-state index < -0.39 is 0 Å². The minimum atomic E-state index is 0.302. The Kier molecular flexibility index (Phi) is 5.81. The molecule has 4 heterocycles. The first-order chi connectivity index (χ1) is 18.1. The molecule has 37 heavy (non-hydrogen) atoms. The van der Waals surface area contributed by atoms with Crippen molar-refractivity contribution in [1.82, 2.24) is 24.6 Å². The van der Waals surface area contributed by atoms with Crippen LogP contribution < -0.4 is 18.9 Å². The van der Waals surface area contributed by atoms with Crippen LogP contribution in [0.25, 0.3) is 38.8 Å². The Labute approximate surface area is 215 Å². The summed E-state index contributed by atoms with van der Waals surface area (Å²) in [7, 11) is 4.78. The van der Waals surface area contributed by atoms with Crippen LogP contribution in [0.15, 0.2) is 65.5 Å². The second-order valence-corrected chi connectivity index (χ2v) is 8.92. The van der Waals surface area contributed by atoms with E-state index in [0.717, 1.165) is 16.5 Å². The van der Waals surface area contributed by atoms with E-state index in [9.17, 15) is 0 Å². The highest BCUT2D eigenvalue weighted by atomic mass is 32.1. The van der Waals surface area contributed by atoms with Crippen molar-refractivity contribution >= 4 is 27.3 Å². The summed E-state index contributed by atoms with van der Waals surface area (Å²) in [5, 5.41) is 5.79. The number of aromatic nitrogens is 5. The third kappa shape index (κ3) is 4.40. The second-order valence-electron chi connectivity index (χ2n) is 8.00. The van der Waals surface area contributed by atoms with E-state index in [1.54, 1.807) is 38.2 Å². The molecule has 0 amide bonds. The van der Waals surface area contributed by atoms with Crippen LogP contribution >= 0.6 is 11.3 Å². The van der Waals surface area contributed by atoms with Gasteiger partial charge in [0.25, 0.3) is 5.19 Å². The Bertz CT molecular complexity index is 1670. The normalized spacial score (nSPS) is 11.2. The molecule has 0 N–H and O–H groups in total. The second kappa shape index (κ2) is 9.43.